The van der Waals surface area contributed by atoms with Crippen LogP contribution in [-0.2, 0) is 10.5 Å². The van der Waals surface area contributed by atoms with Crippen molar-refractivity contribution in [3.63, 3.8) is 0 Å². The van der Waals surface area contributed by atoms with E-state index in [1.165, 1.54) is 24.0 Å². The number of likely N-dealkylation sites (tertiary alicyclic amines) is 1. The van der Waals surface area contributed by atoms with Gasteiger partial charge in [0.05, 0.1) is 5.75 Å². The quantitative estimate of drug-likeness (QED) is 0.901. The summed E-state index contributed by atoms with van der Waals surface area (Å²) in [5.74, 6) is 3.44. The highest BCUT2D eigenvalue weighted by Crippen LogP contribution is 2.27. The zero-order valence-electron chi connectivity index (χ0n) is 13.8. The smallest absolute Gasteiger partial charge is 0.232 e. The second kappa shape index (κ2) is 8.95. The molecule has 0 saturated carbocycles. The van der Waals surface area contributed by atoms with Gasteiger partial charge in [-0.2, -0.15) is 0 Å². The zero-order chi connectivity index (χ0) is 15.4. The molecule has 1 N–H and O–H groups in total. The molecule has 1 aromatic rings. The second-order valence-corrected chi connectivity index (χ2v) is 7.60. The fraction of sp³-hybridized carbons (Fsp3) is 0.611. The van der Waals surface area contributed by atoms with E-state index in [1.807, 2.05) is 0 Å². The van der Waals surface area contributed by atoms with Crippen LogP contribution in [0.5, 0.6) is 0 Å². The first-order valence-corrected chi connectivity index (χ1v) is 9.49. The Bertz CT molecular complexity index is 494. The first-order valence-electron chi connectivity index (χ1n) is 8.34. The molecular formula is C18H27ClN2OS. The summed E-state index contributed by atoms with van der Waals surface area (Å²) in [5, 5.41) is 3.48. The normalized spacial score (nSPS) is 23.8. The summed E-state index contributed by atoms with van der Waals surface area (Å²) in [6.07, 6.45) is 2.35. The molecule has 0 aliphatic carbocycles. The van der Waals surface area contributed by atoms with Crippen molar-refractivity contribution in [1.82, 2.24) is 10.2 Å². The van der Waals surface area contributed by atoms with Crippen LogP contribution in [-0.4, -0.2) is 42.7 Å². The number of carbonyl (C=O) groups excluding carboxylic acids is 1. The third-order valence-corrected chi connectivity index (χ3v) is 5.98. The van der Waals surface area contributed by atoms with Crippen molar-refractivity contribution in [1.29, 1.82) is 0 Å². The lowest BCUT2D eigenvalue weighted by Gasteiger charge is -2.20. The number of aryl methyl sites for hydroxylation is 1. The molecule has 2 fully saturated rings. The van der Waals surface area contributed by atoms with Gasteiger partial charge in [0.25, 0.3) is 0 Å². The minimum absolute atomic E-state index is 0. The van der Waals surface area contributed by atoms with E-state index < -0.39 is 0 Å². The number of nitrogens with one attached hydrogen (secondary N) is 1. The molecular weight excluding hydrogens is 328 g/mol. The number of fused-ring (bicyclic) bond motifs is 1. The highest BCUT2D eigenvalue weighted by molar-refractivity contribution is 7.99. The Kier molecular flexibility index (Phi) is 7.25. The van der Waals surface area contributed by atoms with Gasteiger partial charge in [-0.15, -0.1) is 24.2 Å². The average Bonchev–Trinajstić information content (AvgIpc) is 2.87. The SMILES string of the molecule is Cc1ccc(CSCC(=O)N2CC[C@@H]3CNC[C@@H]3CC2)cc1.Cl. The predicted octanol–water partition coefficient (Wildman–Crippen LogP) is 3.11. The van der Waals surface area contributed by atoms with Gasteiger partial charge in [0.2, 0.25) is 5.91 Å². The zero-order valence-corrected chi connectivity index (χ0v) is 15.4. The topological polar surface area (TPSA) is 32.3 Å². The Morgan fingerprint density at radius 1 is 1.17 bits per heavy atom. The summed E-state index contributed by atoms with van der Waals surface area (Å²) in [4.78, 5) is 14.5. The average molecular weight is 355 g/mol. The molecule has 2 atom stereocenters. The summed E-state index contributed by atoms with van der Waals surface area (Å²) in [6, 6.07) is 8.60. The molecule has 128 valence electrons. The van der Waals surface area contributed by atoms with Gasteiger partial charge < -0.3 is 10.2 Å². The molecule has 5 heteroatoms. The summed E-state index contributed by atoms with van der Waals surface area (Å²) in [7, 11) is 0. The van der Waals surface area contributed by atoms with Crippen molar-refractivity contribution >= 4 is 30.1 Å². The van der Waals surface area contributed by atoms with Crippen LogP contribution < -0.4 is 5.32 Å². The Morgan fingerprint density at radius 3 is 2.39 bits per heavy atom. The van der Waals surface area contributed by atoms with Gasteiger partial charge in [-0.25, -0.2) is 0 Å². The van der Waals surface area contributed by atoms with E-state index in [9.17, 15) is 4.79 Å². The van der Waals surface area contributed by atoms with Crippen molar-refractivity contribution in [3.8, 4) is 0 Å². The van der Waals surface area contributed by atoms with E-state index in [2.05, 4.69) is 41.4 Å². The van der Waals surface area contributed by atoms with Crippen molar-refractivity contribution in [2.24, 2.45) is 11.8 Å². The van der Waals surface area contributed by atoms with Crippen LogP contribution in [0.4, 0.5) is 0 Å². The number of nitrogens with zero attached hydrogens (tertiary/aromatic N) is 1. The highest BCUT2D eigenvalue weighted by atomic mass is 35.5. The van der Waals surface area contributed by atoms with E-state index in [1.54, 1.807) is 11.8 Å². The maximum Gasteiger partial charge on any atom is 0.232 e. The Hall–Kier alpha value is -0.710. The molecule has 0 radical (unpaired) electrons. The van der Waals surface area contributed by atoms with Crippen molar-refractivity contribution in [3.05, 3.63) is 35.4 Å². The molecule has 2 heterocycles. The van der Waals surface area contributed by atoms with Gasteiger partial charge in [-0.05, 0) is 50.3 Å². The molecule has 2 aliphatic rings. The van der Waals surface area contributed by atoms with E-state index in [4.69, 9.17) is 0 Å². The van der Waals surface area contributed by atoms with Crippen molar-refractivity contribution < 1.29 is 4.79 Å². The number of halogens is 1. The van der Waals surface area contributed by atoms with Crippen LogP contribution in [0.1, 0.15) is 24.0 Å². The predicted molar refractivity (Wildman–Crippen MR) is 100 cm³/mol. The van der Waals surface area contributed by atoms with Gasteiger partial charge in [-0.1, -0.05) is 29.8 Å². The monoisotopic (exact) mass is 354 g/mol. The second-order valence-electron chi connectivity index (χ2n) is 6.61. The molecule has 1 amide bonds. The molecule has 0 aromatic heterocycles. The van der Waals surface area contributed by atoms with Crippen LogP contribution in [0, 0.1) is 18.8 Å². The molecule has 3 rings (SSSR count). The fourth-order valence-electron chi connectivity index (χ4n) is 3.50. The first kappa shape index (κ1) is 18.6. The third-order valence-electron chi connectivity index (χ3n) is 4.99. The summed E-state index contributed by atoms with van der Waals surface area (Å²) < 4.78 is 0. The number of thioether (sulfide) groups is 1. The van der Waals surface area contributed by atoms with E-state index in [-0.39, 0.29) is 12.4 Å². The summed E-state index contributed by atoms with van der Waals surface area (Å²) in [5.41, 5.74) is 2.59. The standard InChI is InChI=1S/C18H26N2OS.ClH/c1-14-2-4-15(5-3-14)12-22-13-18(21)20-8-6-16-10-19-11-17(16)7-9-20;/h2-5,16-17,19H,6-13H2,1H3;1H/t16-,17+;. The molecule has 0 unspecified atom stereocenters. The molecule has 1 aromatic carbocycles. The molecule has 3 nitrogen and oxygen atoms in total. The van der Waals surface area contributed by atoms with E-state index in [0.29, 0.717) is 11.7 Å². The molecule has 2 saturated heterocycles. The van der Waals surface area contributed by atoms with E-state index >= 15 is 0 Å². The maximum absolute atomic E-state index is 12.4. The number of hydrogen-bond acceptors (Lipinski definition) is 3. The fourth-order valence-corrected chi connectivity index (χ4v) is 4.39. The Labute approximate surface area is 150 Å². The Balaban J connectivity index is 0.00000192. The largest absolute Gasteiger partial charge is 0.342 e. The number of benzene rings is 1. The molecule has 0 spiro atoms. The minimum Gasteiger partial charge on any atom is -0.342 e. The van der Waals surface area contributed by atoms with Crippen LogP contribution in [0.15, 0.2) is 24.3 Å². The lowest BCUT2D eigenvalue weighted by molar-refractivity contribution is -0.128. The number of rotatable bonds is 4. The maximum atomic E-state index is 12.4. The summed E-state index contributed by atoms with van der Waals surface area (Å²) in [6.45, 7) is 6.30. The molecule has 0 bridgehead atoms. The van der Waals surface area contributed by atoms with Gasteiger partial charge in [0, 0.05) is 18.8 Å². The van der Waals surface area contributed by atoms with Crippen molar-refractivity contribution in [2.45, 2.75) is 25.5 Å². The van der Waals surface area contributed by atoms with Gasteiger partial charge >= 0.3 is 0 Å². The number of carbonyl (C=O) groups is 1. The van der Waals surface area contributed by atoms with Crippen LogP contribution in [0.25, 0.3) is 0 Å². The van der Waals surface area contributed by atoms with Gasteiger partial charge in [0.1, 0.15) is 0 Å². The van der Waals surface area contributed by atoms with Crippen LogP contribution >= 0.6 is 24.2 Å². The van der Waals surface area contributed by atoms with Gasteiger partial charge in [-0.3, -0.25) is 4.79 Å². The highest BCUT2D eigenvalue weighted by Gasteiger charge is 2.31. The van der Waals surface area contributed by atoms with Crippen molar-refractivity contribution in [2.75, 3.05) is 31.9 Å². The van der Waals surface area contributed by atoms with Crippen LogP contribution in [0.3, 0.4) is 0 Å². The minimum atomic E-state index is 0. The van der Waals surface area contributed by atoms with Gasteiger partial charge in [0.15, 0.2) is 0 Å². The third kappa shape index (κ3) is 5.13. The van der Waals surface area contributed by atoms with E-state index in [0.717, 1.165) is 43.8 Å². The lowest BCUT2D eigenvalue weighted by atomic mass is 9.92. The first-order chi connectivity index (χ1) is 10.7. The molecule has 2 aliphatic heterocycles. The van der Waals surface area contributed by atoms with Crippen LogP contribution in [0.2, 0.25) is 0 Å². The summed E-state index contributed by atoms with van der Waals surface area (Å²) >= 11 is 1.74. The Morgan fingerprint density at radius 2 is 1.78 bits per heavy atom. The lowest BCUT2D eigenvalue weighted by Crippen LogP contribution is -2.34. The molecule has 23 heavy (non-hydrogen) atoms. The number of hydrogen-bond donors (Lipinski definition) is 1. The number of amides is 1.